The number of carbonyl (C=O) groups is 2. The third-order valence-electron chi connectivity index (χ3n) is 4.36. The summed E-state index contributed by atoms with van der Waals surface area (Å²) < 4.78 is 16.2. The first-order valence-electron chi connectivity index (χ1n) is 9.82. The van der Waals surface area contributed by atoms with Crippen LogP contribution in [0.15, 0.2) is 65.8 Å². The van der Waals surface area contributed by atoms with Gasteiger partial charge in [0.15, 0.2) is 11.5 Å². The topological polar surface area (TPSA) is 86.2 Å². The summed E-state index contributed by atoms with van der Waals surface area (Å²) >= 11 is 11.8. The van der Waals surface area contributed by atoms with Crippen LogP contribution in [0.2, 0.25) is 10.0 Å². The lowest BCUT2D eigenvalue weighted by atomic mass is 10.2. The highest BCUT2D eigenvalue weighted by atomic mass is 35.5. The van der Waals surface area contributed by atoms with Gasteiger partial charge in [-0.05, 0) is 73.2 Å². The molecule has 3 rings (SSSR count). The number of rotatable bonds is 8. The predicted octanol–water partition coefficient (Wildman–Crippen LogP) is 5.38. The average Bonchev–Trinajstić information content (AvgIpc) is 2.82. The highest BCUT2D eigenvalue weighted by Gasteiger charge is 2.13. The summed E-state index contributed by atoms with van der Waals surface area (Å²) in [6.45, 7) is 2.18. The lowest BCUT2D eigenvalue weighted by molar-refractivity contribution is 0.0728. The van der Waals surface area contributed by atoms with Gasteiger partial charge in [-0.2, -0.15) is 5.10 Å². The number of methoxy groups -OCH3 is 1. The minimum Gasteiger partial charge on any atom is -0.497 e. The van der Waals surface area contributed by atoms with E-state index < -0.39 is 11.9 Å². The first-order valence-corrected chi connectivity index (χ1v) is 10.6. The fraction of sp³-hybridized carbons (Fsp3) is 0.125. The number of amides is 1. The van der Waals surface area contributed by atoms with Crippen LogP contribution in [0.3, 0.4) is 0 Å². The molecule has 0 spiro atoms. The highest BCUT2D eigenvalue weighted by molar-refractivity contribution is 6.42. The maximum atomic E-state index is 12.5. The van der Waals surface area contributed by atoms with Crippen LogP contribution >= 0.6 is 23.2 Å². The number of halogens is 2. The highest BCUT2D eigenvalue weighted by Crippen LogP contribution is 2.29. The molecule has 1 amide bonds. The Morgan fingerprint density at radius 2 is 1.67 bits per heavy atom. The summed E-state index contributed by atoms with van der Waals surface area (Å²) in [5.74, 6) is 0.277. The molecule has 0 fully saturated rings. The molecule has 7 nitrogen and oxygen atoms in total. The van der Waals surface area contributed by atoms with E-state index in [9.17, 15) is 9.59 Å². The van der Waals surface area contributed by atoms with E-state index in [0.29, 0.717) is 39.8 Å². The second-order valence-electron chi connectivity index (χ2n) is 6.59. The Bertz CT molecular complexity index is 1180. The lowest BCUT2D eigenvalue weighted by Gasteiger charge is -2.11. The van der Waals surface area contributed by atoms with Crippen molar-refractivity contribution >= 4 is 41.3 Å². The van der Waals surface area contributed by atoms with E-state index in [-0.39, 0.29) is 10.8 Å². The lowest BCUT2D eigenvalue weighted by Crippen LogP contribution is -2.17. The fourth-order valence-electron chi connectivity index (χ4n) is 2.71. The Labute approximate surface area is 200 Å². The molecule has 170 valence electrons. The van der Waals surface area contributed by atoms with Gasteiger partial charge in [0.2, 0.25) is 0 Å². The van der Waals surface area contributed by atoms with Gasteiger partial charge in [0, 0.05) is 5.56 Å². The molecule has 33 heavy (non-hydrogen) atoms. The summed E-state index contributed by atoms with van der Waals surface area (Å²) in [6, 6.07) is 16.0. The summed E-state index contributed by atoms with van der Waals surface area (Å²) in [5.41, 5.74) is 3.72. The zero-order valence-corrected chi connectivity index (χ0v) is 19.3. The van der Waals surface area contributed by atoms with E-state index in [1.54, 1.807) is 49.6 Å². The number of esters is 1. The van der Waals surface area contributed by atoms with E-state index in [2.05, 4.69) is 10.5 Å². The molecule has 0 saturated heterocycles. The van der Waals surface area contributed by atoms with Gasteiger partial charge in [0.1, 0.15) is 5.75 Å². The third-order valence-corrected chi connectivity index (χ3v) is 5.10. The Morgan fingerprint density at radius 3 is 2.33 bits per heavy atom. The van der Waals surface area contributed by atoms with Crippen LogP contribution in [0.25, 0.3) is 0 Å². The molecule has 0 aliphatic carbocycles. The molecule has 0 aromatic heterocycles. The fourth-order valence-corrected chi connectivity index (χ4v) is 3.01. The van der Waals surface area contributed by atoms with E-state index in [4.69, 9.17) is 37.4 Å². The van der Waals surface area contributed by atoms with Crippen molar-refractivity contribution in [1.82, 2.24) is 5.43 Å². The van der Waals surface area contributed by atoms with Gasteiger partial charge in [0.05, 0.1) is 35.5 Å². The van der Waals surface area contributed by atoms with Gasteiger partial charge in [-0.15, -0.1) is 0 Å². The van der Waals surface area contributed by atoms with Gasteiger partial charge in [-0.1, -0.05) is 23.2 Å². The Balaban J connectivity index is 1.69. The zero-order valence-electron chi connectivity index (χ0n) is 17.8. The molecule has 3 aromatic rings. The summed E-state index contributed by atoms with van der Waals surface area (Å²) in [4.78, 5) is 24.7. The minimum absolute atomic E-state index is 0.259. The second-order valence-corrected chi connectivity index (χ2v) is 7.40. The molecule has 0 aliphatic heterocycles. The van der Waals surface area contributed by atoms with E-state index in [1.807, 2.05) is 6.92 Å². The van der Waals surface area contributed by atoms with Crippen molar-refractivity contribution in [1.29, 1.82) is 0 Å². The van der Waals surface area contributed by atoms with Crippen molar-refractivity contribution in [3.63, 3.8) is 0 Å². The zero-order chi connectivity index (χ0) is 23.8. The summed E-state index contributed by atoms with van der Waals surface area (Å²) in [6.07, 6.45) is 1.44. The van der Waals surface area contributed by atoms with Crippen molar-refractivity contribution in [2.75, 3.05) is 13.7 Å². The number of benzene rings is 3. The van der Waals surface area contributed by atoms with Gasteiger partial charge in [-0.3, -0.25) is 4.79 Å². The van der Waals surface area contributed by atoms with Crippen molar-refractivity contribution in [3.8, 4) is 17.2 Å². The van der Waals surface area contributed by atoms with Gasteiger partial charge < -0.3 is 14.2 Å². The number of ether oxygens (including phenoxy) is 3. The summed E-state index contributed by atoms with van der Waals surface area (Å²) in [7, 11) is 1.55. The first-order chi connectivity index (χ1) is 15.9. The standard InChI is InChI=1S/C24H20Cl2N2O5/c1-3-32-22-12-15(14-27-28-23(29)17-7-10-19(25)20(26)13-17)4-11-21(22)33-24(30)16-5-8-18(31-2)9-6-16/h4-14H,3H2,1-2H3,(H,28,29)/b27-14-. The maximum Gasteiger partial charge on any atom is 0.343 e. The molecule has 0 atom stereocenters. The molecule has 0 saturated carbocycles. The molecule has 0 aliphatic rings. The van der Waals surface area contributed by atoms with Crippen LogP contribution in [0.5, 0.6) is 17.2 Å². The maximum absolute atomic E-state index is 12.5. The molecule has 0 radical (unpaired) electrons. The average molecular weight is 487 g/mol. The number of carbonyl (C=O) groups excluding carboxylic acids is 2. The number of hydrogen-bond donors (Lipinski definition) is 1. The number of nitrogens with zero attached hydrogens (tertiary/aromatic N) is 1. The molecule has 9 heteroatoms. The van der Waals surface area contributed by atoms with Gasteiger partial charge >= 0.3 is 5.97 Å². The van der Waals surface area contributed by atoms with Crippen LogP contribution in [0.1, 0.15) is 33.2 Å². The van der Waals surface area contributed by atoms with Crippen molar-refractivity contribution in [3.05, 3.63) is 87.4 Å². The van der Waals surface area contributed by atoms with Crippen molar-refractivity contribution in [2.24, 2.45) is 5.10 Å². The molecular weight excluding hydrogens is 467 g/mol. The number of hydrazone groups is 1. The molecule has 1 N–H and O–H groups in total. The largest absolute Gasteiger partial charge is 0.497 e. The van der Waals surface area contributed by atoms with E-state index in [0.717, 1.165) is 0 Å². The number of nitrogens with one attached hydrogen (secondary N) is 1. The smallest absolute Gasteiger partial charge is 0.343 e. The molecule has 0 unspecified atom stereocenters. The van der Waals surface area contributed by atoms with E-state index >= 15 is 0 Å². The molecule has 3 aromatic carbocycles. The van der Waals surface area contributed by atoms with Crippen LogP contribution in [0, 0.1) is 0 Å². The third kappa shape index (κ3) is 6.47. The summed E-state index contributed by atoms with van der Waals surface area (Å²) in [5, 5.41) is 4.58. The SMILES string of the molecule is CCOc1cc(/C=N\NC(=O)c2ccc(Cl)c(Cl)c2)ccc1OC(=O)c1ccc(OC)cc1. The minimum atomic E-state index is -0.533. The number of hydrogen-bond acceptors (Lipinski definition) is 6. The quantitative estimate of drug-likeness (QED) is 0.200. The van der Waals surface area contributed by atoms with Crippen molar-refractivity contribution < 1.29 is 23.8 Å². The molecular formula is C24H20Cl2N2O5. The van der Waals surface area contributed by atoms with Crippen LogP contribution < -0.4 is 19.6 Å². The second kappa shape index (κ2) is 11.4. The normalized spacial score (nSPS) is 10.7. The van der Waals surface area contributed by atoms with Crippen molar-refractivity contribution in [2.45, 2.75) is 6.92 Å². The first kappa shape index (κ1) is 24.1. The van der Waals surface area contributed by atoms with Gasteiger partial charge in [-0.25, -0.2) is 10.2 Å². The van der Waals surface area contributed by atoms with Crippen LogP contribution in [-0.2, 0) is 0 Å². The Morgan fingerprint density at radius 1 is 0.939 bits per heavy atom. The molecule has 0 heterocycles. The predicted molar refractivity (Wildman–Crippen MR) is 127 cm³/mol. The van der Waals surface area contributed by atoms with Crippen LogP contribution in [-0.4, -0.2) is 31.8 Å². The Hall–Kier alpha value is -3.55. The van der Waals surface area contributed by atoms with Crippen LogP contribution in [0.4, 0.5) is 0 Å². The monoisotopic (exact) mass is 486 g/mol. The molecule has 0 bridgehead atoms. The van der Waals surface area contributed by atoms with E-state index in [1.165, 1.54) is 24.4 Å². The Kier molecular flexibility index (Phi) is 8.29. The van der Waals surface area contributed by atoms with Gasteiger partial charge in [0.25, 0.3) is 5.91 Å².